The Balaban J connectivity index is 1.71. The van der Waals surface area contributed by atoms with Gasteiger partial charge in [0, 0.05) is 12.3 Å². The number of hydrogen-bond donors (Lipinski definition) is 0. The highest BCUT2D eigenvalue weighted by Gasteiger charge is 2.16. The second-order valence-electron chi connectivity index (χ2n) is 6.92. The van der Waals surface area contributed by atoms with Gasteiger partial charge in [-0.05, 0) is 36.2 Å². The predicted molar refractivity (Wildman–Crippen MR) is 117 cm³/mol. The Kier molecular flexibility index (Phi) is 5.85. The van der Waals surface area contributed by atoms with E-state index in [9.17, 15) is 9.59 Å². The Morgan fingerprint density at radius 2 is 1.87 bits per heavy atom. The van der Waals surface area contributed by atoms with Crippen molar-refractivity contribution in [2.24, 2.45) is 0 Å². The Bertz CT molecular complexity index is 1260. The van der Waals surface area contributed by atoms with Crippen LogP contribution in [-0.2, 0) is 17.0 Å². The number of rotatable bonds is 7. The van der Waals surface area contributed by atoms with Crippen molar-refractivity contribution in [2.75, 3.05) is 7.11 Å². The minimum Gasteiger partial charge on any atom is -0.465 e. The van der Waals surface area contributed by atoms with Crippen molar-refractivity contribution < 1.29 is 9.53 Å². The van der Waals surface area contributed by atoms with E-state index in [4.69, 9.17) is 4.74 Å². The third-order valence-corrected chi connectivity index (χ3v) is 5.96. The fraction of sp³-hybridized carbons (Fsp3) is 0.273. The van der Waals surface area contributed by atoms with Gasteiger partial charge in [-0.2, -0.15) is 0 Å². The van der Waals surface area contributed by atoms with Gasteiger partial charge in [0.1, 0.15) is 0 Å². The van der Waals surface area contributed by atoms with Crippen LogP contribution in [-0.4, -0.2) is 32.2 Å². The number of carbonyl (C=O) groups excluding carboxylic acids is 1. The van der Waals surface area contributed by atoms with Gasteiger partial charge in [0.05, 0.1) is 23.6 Å². The molecule has 2 aromatic carbocycles. The van der Waals surface area contributed by atoms with Crippen LogP contribution in [0.4, 0.5) is 0 Å². The molecule has 2 aromatic heterocycles. The Hall–Kier alpha value is -3.13. The van der Waals surface area contributed by atoms with Crippen molar-refractivity contribution in [1.82, 2.24) is 19.2 Å². The largest absolute Gasteiger partial charge is 0.465 e. The topological polar surface area (TPSA) is 78.5 Å². The number of nitrogens with zero attached hydrogens (tertiary/aromatic N) is 4. The van der Waals surface area contributed by atoms with Crippen molar-refractivity contribution in [3.05, 3.63) is 70.0 Å². The molecule has 4 aromatic rings. The number of methoxy groups -OCH3 is 1. The molecule has 0 spiro atoms. The first-order chi connectivity index (χ1) is 14.6. The van der Waals surface area contributed by atoms with Gasteiger partial charge in [-0.25, -0.2) is 4.79 Å². The van der Waals surface area contributed by atoms with Crippen LogP contribution in [0.3, 0.4) is 0 Å². The minimum atomic E-state index is -0.353. The molecule has 2 heterocycles. The molecule has 0 aliphatic carbocycles. The minimum absolute atomic E-state index is 0.0334. The third-order valence-electron chi connectivity index (χ3n) is 4.96. The number of unbranched alkanes of at least 4 members (excludes halogenated alkanes) is 1. The summed E-state index contributed by atoms with van der Waals surface area (Å²) < 4.78 is 8.41. The van der Waals surface area contributed by atoms with E-state index in [2.05, 4.69) is 17.1 Å². The van der Waals surface area contributed by atoms with Gasteiger partial charge in [0.2, 0.25) is 5.78 Å². The lowest BCUT2D eigenvalue weighted by atomic mass is 10.1. The maximum Gasteiger partial charge on any atom is 0.337 e. The van der Waals surface area contributed by atoms with Crippen LogP contribution in [0.1, 0.15) is 35.7 Å². The van der Waals surface area contributed by atoms with E-state index in [0.29, 0.717) is 29.0 Å². The van der Waals surface area contributed by atoms with Crippen molar-refractivity contribution in [2.45, 2.75) is 37.2 Å². The first-order valence-electron chi connectivity index (χ1n) is 9.80. The number of para-hydroxylation sites is 1. The van der Waals surface area contributed by atoms with E-state index in [-0.39, 0.29) is 11.5 Å². The highest BCUT2D eigenvalue weighted by molar-refractivity contribution is 7.98. The van der Waals surface area contributed by atoms with Gasteiger partial charge in [-0.1, -0.05) is 49.4 Å². The molecule has 7 nitrogen and oxygen atoms in total. The van der Waals surface area contributed by atoms with Crippen LogP contribution in [0.25, 0.3) is 16.7 Å². The summed E-state index contributed by atoms with van der Waals surface area (Å²) in [6.07, 6.45) is 1.89. The van der Waals surface area contributed by atoms with E-state index in [1.165, 1.54) is 7.11 Å². The van der Waals surface area contributed by atoms with Gasteiger partial charge in [-0.3, -0.25) is 13.8 Å². The summed E-state index contributed by atoms with van der Waals surface area (Å²) in [5, 5.41) is 10.1. The number of thioether (sulfide) groups is 1. The second-order valence-corrected chi connectivity index (χ2v) is 7.87. The number of ether oxygens (including phenoxy) is 1. The van der Waals surface area contributed by atoms with Gasteiger partial charge < -0.3 is 4.74 Å². The highest BCUT2D eigenvalue weighted by Crippen LogP contribution is 2.25. The smallest absolute Gasteiger partial charge is 0.337 e. The SMILES string of the molecule is CCCCn1c(=O)c2ccccc2n2c(SCc3ccc(C(=O)OC)cc3)nnc12. The molecule has 0 bridgehead atoms. The maximum atomic E-state index is 13.0. The van der Waals surface area contributed by atoms with Crippen LogP contribution >= 0.6 is 11.8 Å². The number of benzene rings is 2. The molecule has 0 aliphatic rings. The Labute approximate surface area is 177 Å². The number of aryl methyl sites for hydroxylation is 1. The maximum absolute atomic E-state index is 13.0. The summed E-state index contributed by atoms with van der Waals surface area (Å²) >= 11 is 1.54. The summed E-state index contributed by atoms with van der Waals surface area (Å²) in [4.78, 5) is 24.6. The molecule has 0 N–H and O–H groups in total. The lowest BCUT2D eigenvalue weighted by Gasteiger charge is -2.11. The van der Waals surface area contributed by atoms with Crippen LogP contribution in [0.15, 0.2) is 58.5 Å². The highest BCUT2D eigenvalue weighted by atomic mass is 32.2. The molecule has 0 atom stereocenters. The Morgan fingerprint density at radius 1 is 1.10 bits per heavy atom. The summed E-state index contributed by atoms with van der Waals surface area (Å²) in [6.45, 7) is 2.71. The first kappa shape index (κ1) is 20.2. The van der Waals surface area contributed by atoms with Gasteiger partial charge in [0.15, 0.2) is 5.16 Å². The molecule has 0 saturated carbocycles. The summed E-state index contributed by atoms with van der Waals surface area (Å²) in [7, 11) is 1.37. The van der Waals surface area contributed by atoms with Crippen molar-refractivity contribution in [3.63, 3.8) is 0 Å². The van der Waals surface area contributed by atoms with E-state index >= 15 is 0 Å². The fourth-order valence-electron chi connectivity index (χ4n) is 3.35. The van der Waals surface area contributed by atoms with Crippen molar-refractivity contribution >= 4 is 34.4 Å². The first-order valence-corrected chi connectivity index (χ1v) is 10.8. The molecule has 0 unspecified atom stereocenters. The standard InChI is InChI=1S/C22H22N4O3S/c1-3-4-13-25-19(27)17-7-5-6-8-18(17)26-21(25)23-24-22(26)30-14-15-9-11-16(12-10-15)20(28)29-2/h5-12H,3-4,13-14H2,1-2H3. The van der Waals surface area contributed by atoms with Crippen LogP contribution < -0.4 is 5.56 Å². The monoisotopic (exact) mass is 422 g/mol. The average molecular weight is 423 g/mol. The number of hydrogen-bond acceptors (Lipinski definition) is 6. The zero-order valence-electron chi connectivity index (χ0n) is 16.9. The molecule has 4 rings (SSSR count). The van der Waals surface area contributed by atoms with Crippen LogP contribution in [0.2, 0.25) is 0 Å². The van der Waals surface area contributed by atoms with E-state index in [1.54, 1.807) is 28.5 Å². The van der Waals surface area contributed by atoms with Gasteiger partial charge >= 0.3 is 5.97 Å². The number of fused-ring (bicyclic) bond motifs is 3. The molecule has 0 aliphatic heterocycles. The second kappa shape index (κ2) is 8.71. The van der Waals surface area contributed by atoms with E-state index in [1.807, 2.05) is 40.8 Å². The van der Waals surface area contributed by atoms with Crippen molar-refractivity contribution in [1.29, 1.82) is 0 Å². The molecular formula is C22H22N4O3S. The van der Waals surface area contributed by atoms with E-state index in [0.717, 1.165) is 29.1 Å². The normalized spacial score (nSPS) is 11.3. The molecule has 154 valence electrons. The molecular weight excluding hydrogens is 400 g/mol. The quantitative estimate of drug-likeness (QED) is 0.332. The number of aromatic nitrogens is 4. The molecule has 0 amide bonds. The van der Waals surface area contributed by atoms with Crippen LogP contribution in [0, 0.1) is 0 Å². The fourth-order valence-corrected chi connectivity index (χ4v) is 4.24. The Morgan fingerprint density at radius 3 is 2.60 bits per heavy atom. The zero-order chi connectivity index (χ0) is 21.1. The zero-order valence-corrected chi connectivity index (χ0v) is 17.7. The lowest BCUT2D eigenvalue weighted by Crippen LogP contribution is -2.23. The summed E-state index contributed by atoms with van der Waals surface area (Å²) in [5.41, 5.74) is 2.34. The van der Waals surface area contributed by atoms with E-state index < -0.39 is 0 Å². The third kappa shape index (κ3) is 3.70. The van der Waals surface area contributed by atoms with Crippen molar-refractivity contribution in [3.8, 4) is 0 Å². The van der Waals surface area contributed by atoms with Gasteiger partial charge in [-0.15, -0.1) is 10.2 Å². The molecule has 30 heavy (non-hydrogen) atoms. The summed E-state index contributed by atoms with van der Waals surface area (Å²) in [5.74, 6) is 0.870. The van der Waals surface area contributed by atoms with Crippen LogP contribution in [0.5, 0.6) is 0 Å². The number of carbonyl (C=O) groups is 1. The average Bonchev–Trinajstić information content (AvgIpc) is 3.21. The predicted octanol–water partition coefficient (Wildman–Crippen LogP) is 3.92. The lowest BCUT2D eigenvalue weighted by molar-refractivity contribution is 0.0600. The molecule has 0 fully saturated rings. The molecule has 0 radical (unpaired) electrons. The molecule has 8 heteroatoms. The molecule has 0 saturated heterocycles. The summed E-state index contributed by atoms with van der Waals surface area (Å²) in [6, 6.07) is 14.9. The number of esters is 1. The van der Waals surface area contributed by atoms with Gasteiger partial charge in [0.25, 0.3) is 5.56 Å².